The van der Waals surface area contributed by atoms with Crippen LogP contribution in [-0.2, 0) is 4.79 Å². The third kappa shape index (κ3) is 2.40. The van der Waals surface area contributed by atoms with Crippen LogP contribution in [0.25, 0.3) is 0 Å². The minimum atomic E-state index is -0.102. The van der Waals surface area contributed by atoms with E-state index in [2.05, 4.69) is 22.9 Å². The molecule has 1 amide bonds. The molecule has 0 bridgehead atoms. The van der Waals surface area contributed by atoms with Gasteiger partial charge in [0.25, 0.3) is 0 Å². The molecule has 4 heteroatoms. The summed E-state index contributed by atoms with van der Waals surface area (Å²) >= 11 is 0. The van der Waals surface area contributed by atoms with Crippen LogP contribution in [0.4, 0.5) is 0 Å². The Morgan fingerprint density at radius 1 is 1.26 bits per heavy atom. The van der Waals surface area contributed by atoms with E-state index in [9.17, 15) is 4.79 Å². The number of amides is 1. The summed E-state index contributed by atoms with van der Waals surface area (Å²) in [6, 6.07) is 0.726. The van der Waals surface area contributed by atoms with E-state index < -0.39 is 0 Å². The number of hydrogen-bond acceptors (Lipinski definition) is 3. The zero-order valence-electron chi connectivity index (χ0n) is 12.0. The van der Waals surface area contributed by atoms with Crippen LogP contribution in [0.2, 0.25) is 0 Å². The molecule has 0 radical (unpaired) electrons. The Hall–Kier alpha value is -0.610. The molecule has 108 valence electrons. The van der Waals surface area contributed by atoms with Gasteiger partial charge in [-0.1, -0.05) is 12.8 Å². The van der Waals surface area contributed by atoms with Crippen molar-refractivity contribution in [2.24, 2.45) is 11.3 Å². The largest absolute Gasteiger partial charge is 0.351 e. The number of nitrogens with one attached hydrogen (secondary N) is 3. The number of rotatable bonds is 2. The smallest absolute Gasteiger partial charge is 0.228 e. The van der Waals surface area contributed by atoms with Crippen LogP contribution in [0.3, 0.4) is 0 Å². The molecule has 1 saturated carbocycles. The van der Waals surface area contributed by atoms with Crippen molar-refractivity contribution < 1.29 is 4.79 Å². The van der Waals surface area contributed by atoms with Crippen molar-refractivity contribution in [2.75, 3.05) is 19.6 Å². The van der Waals surface area contributed by atoms with Gasteiger partial charge in [0, 0.05) is 18.6 Å². The molecule has 0 aromatic rings. The van der Waals surface area contributed by atoms with Gasteiger partial charge in [0.1, 0.15) is 0 Å². The molecule has 2 unspecified atom stereocenters. The van der Waals surface area contributed by atoms with Crippen molar-refractivity contribution in [3.8, 4) is 0 Å². The number of hydrogen-bond donors (Lipinski definition) is 3. The van der Waals surface area contributed by atoms with E-state index in [0.29, 0.717) is 23.9 Å². The lowest BCUT2D eigenvalue weighted by molar-refractivity contribution is -0.135. The van der Waals surface area contributed by atoms with Gasteiger partial charge in [-0.3, -0.25) is 4.79 Å². The van der Waals surface area contributed by atoms with Crippen LogP contribution in [0, 0.1) is 11.3 Å². The van der Waals surface area contributed by atoms with Gasteiger partial charge in [0.05, 0.1) is 5.41 Å². The quantitative estimate of drug-likeness (QED) is 0.699. The van der Waals surface area contributed by atoms with Crippen LogP contribution in [0.15, 0.2) is 0 Å². The van der Waals surface area contributed by atoms with E-state index in [-0.39, 0.29) is 5.41 Å². The van der Waals surface area contributed by atoms with Crippen molar-refractivity contribution in [3.05, 3.63) is 0 Å². The molecule has 0 spiro atoms. The van der Waals surface area contributed by atoms with Crippen molar-refractivity contribution in [2.45, 2.75) is 57.5 Å². The summed E-state index contributed by atoms with van der Waals surface area (Å²) in [6.07, 6.45) is 7.09. The van der Waals surface area contributed by atoms with Gasteiger partial charge >= 0.3 is 0 Å². The average Bonchev–Trinajstić information content (AvgIpc) is 2.86. The highest BCUT2D eigenvalue weighted by Crippen LogP contribution is 2.44. The third-order valence-corrected chi connectivity index (χ3v) is 5.57. The molecular weight excluding hydrogens is 238 g/mol. The summed E-state index contributed by atoms with van der Waals surface area (Å²) in [5, 5.41) is 10.3. The van der Waals surface area contributed by atoms with Crippen molar-refractivity contribution in [1.82, 2.24) is 16.0 Å². The van der Waals surface area contributed by atoms with E-state index in [1.165, 1.54) is 25.7 Å². The second-order valence-electron chi connectivity index (χ2n) is 6.69. The Labute approximate surface area is 116 Å². The molecule has 3 N–H and O–H groups in total. The average molecular weight is 265 g/mol. The Kier molecular flexibility index (Phi) is 3.81. The summed E-state index contributed by atoms with van der Waals surface area (Å²) in [5.74, 6) is 0.885. The first kappa shape index (κ1) is 13.4. The topological polar surface area (TPSA) is 53.2 Å². The van der Waals surface area contributed by atoms with Crippen molar-refractivity contribution in [1.29, 1.82) is 0 Å². The standard InChI is InChI=1S/C15H27N3O/c1-11-13(6-4-8-17-11)18-14(19)15-7-3-2-5-12(15)9-16-10-15/h11-13,16-17H,2-10H2,1H3,(H,18,19)/t11?,12-,13?,15+/m0/s1. The van der Waals surface area contributed by atoms with E-state index >= 15 is 0 Å². The first-order chi connectivity index (χ1) is 9.22. The molecule has 4 nitrogen and oxygen atoms in total. The lowest BCUT2D eigenvalue weighted by Gasteiger charge is -2.40. The minimum Gasteiger partial charge on any atom is -0.351 e. The number of piperidine rings is 1. The maximum Gasteiger partial charge on any atom is 0.228 e. The monoisotopic (exact) mass is 265 g/mol. The van der Waals surface area contributed by atoms with Crippen molar-refractivity contribution in [3.63, 3.8) is 0 Å². The maximum absolute atomic E-state index is 12.8. The molecule has 3 fully saturated rings. The van der Waals surface area contributed by atoms with Gasteiger partial charge in [-0.15, -0.1) is 0 Å². The highest BCUT2D eigenvalue weighted by atomic mass is 16.2. The van der Waals surface area contributed by atoms with Gasteiger partial charge < -0.3 is 16.0 Å². The molecule has 19 heavy (non-hydrogen) atoms. The Balaban J connectivity index is 1.68. The molecule has 0 aromatic carbocycles. The van der Waals surface area contributed by atoms with Crippen LogP contribution in [-0.4, -0.2) is 37.6 Å². The molecule has 3 aliphatic rings. The molecule has 2 aliphatic heterocycles. The molecule has 2 heterocycles. The Bertz CT molecular complexity index is 346. The second-order valence-corrected chi connectivity index (χ2v) is 6.69. The second kappa shape index (κ2) is 5.41. The van der Waals surface area contributed by atoms with E-state index in [4.69, 9.17) is 0 Å². The molecule has 2 saturated heterocycles. The van der Waals surface area contributed by atoms with Crippen LogP contribution < -0.4 is 16.0 Å². The zero-order valence-corrected chi connectivity index (χ0v) is 12.0. The predicted octanol–water partition coefficient (Wildman–Crippen LogP) is 1.02. The molecule has 3 rings (SSSR count). The lowest BCUT2D eigenvalue weighted by atomic mass is 9.67. The van der Waals surface area contributed by atoms with Crippen LogP contribution in [0.1, 0.15) is 45.4 Å². The summed E-state index contributed by atoms with van der Waals surface area (Å²) in [5.41, 5.74) is -0.102. The minimum absolute atomic E-state index is 0.102. The summed E-state index contributed by atoms with van der Waals surface area (Å²) in [6.45, 7) is 5.19. The number of carbonyl (C=O) groups excluding carboxylic acids is 1. The molecule has 0 aromatic heterocycles. The van der Waals surface area contributed by atoms with Gasteiger partial charge in [0.15, 0.2) is 0 Å². The van der Waals surface area contributed by atoms with Crippen molar-refractivity contribution >= 4 is 5.91 Å². The fraction of sp³-hybridized carbons (Fsp3) is 0.933. The summed E-state index contributed by atoms with van der Waals surface area (Å²) < 4.78 is 0. The first-order valence-corrected chi connectivity index (χ1v) is 7.97. The van der Waals surface area contributed by atoms with E-state index in [1.54, 1.807) is 0 Å². The maximum atomic E-state index is 12.8. The van der Waals surface area contributed by atoms with E-state index in [0.717, 1.165) is 32.5 Å². The SMILES string of the molecule is CC1NCCCC1NC(=O)[C@@]12CCCC[C@H]1CNC2. The first-order valence-electron chi connectivity index (χ1n) is 7.97. The van der Waals surface area contributed by atoms with Crippen LogP contribution >= 0.6 is 0 Å². The molecular formula is C15H27N3O. The third-order valence-electron chi connectivity index (χ3n) is 5.57. The predicted molar refractivity (Wildman–Crippen MR) is 75.9 cm³/mol. The van der Waals surface area contributed by atoms with Crippen LogP contribution in [0.5, 0.6) is 0 Å². The van der Waals surface area contributed by atoms with Gasteiger partial charge in [-0.2, -0.15) is 0 Å². The molecule has 1 aliphatic carbocycles. The summed E-state index contributed by atoms with van der Waals surface area (Å²) in [4.78, 5) is 12.8. The number of fused-ring (bicyclic) bond motifs is 1. The fourth-order valence-corrected chi connectivity index (χ4v) is 4.24. The van der Waals surface area contributed by atoms with Gasteiger partial charge in [0.2, 0.25) is 5.91 Å². The zero-order chi connectivity index (χ0) is 13.3. The normalized spacial score (nSPS) is 42.7. The highest BCUT2D eigenvalue weighted by molar-refractivity contribution is 5.84. The number of carbonyl (C=O) groups is 1. The Morgan fingerprint density at radius 3 is 3.00 bits per heavy atom. The Morgan fingerprint density at radius 2 is 2.16 bits per heavy atom. The fourth-order valence-electron chi connectivity index (χ4n) is 4.24. The molecule has 4 atom stereocenters. The van der Waals surface area contributed by atoms with Gasteiger partial charge in [-0.25, -0.2) is 0 Å². The lowest BCUT2D eigenvalue weighted by Crippen LogP contribution is -2.57. The van der Waals surface area contributed by atoms with E-state index in [1.807, 2.05) is 0 Å². The highest BCUT2D eigenvalue weighted by Gasteiger charge is 2.50. The van der Waals surface area contributed by atoms with Gasteiger partial charge in [-0.05, 0) is 51.6 Å². The summed E-state index contributed by atoms with van der Waals surface area (Å²) in [7, 11) is 0.